The van der Waals surface area contributed by atoms with Crippen LogP contribution in [0.1, 0.15) is 45.1 Å². The van der Waals surface area contributed by atoms with Crippen LogP contribution in [-0.2, 0) is 35.2 Å². The van der Waals surface area contributed by atoms with Crippen molar-refractivity contribution < 1.29 is 38.6 Å². The first-order chi connectivity index (χ1) is 23.0. The molecule has 4 rings (SSSR count). The molecule has 48 heavy (non-hydrogen) atoms. The highest BCUT2D eigenvalue weighted by atomic mass is 16.5. The second kappa shape index (κ2) is 16.4. The Morgan fingerprint density at radius 3 is 2.29 bits per heavy atom. The monoisotopic (exact) mass is 659 g/mol. The fourth-order valence-electron chi connectivity index (χ4n) is 5.62. The normalized spacial score (nSPS) is 15.9. The quantitative estimate of drug-likeness (QED) is 0.175. The van der Waals surface area contributed by atoms with E-state index in [2.05, 4.69) is 21.3 Å². The lowest BCUT2D eigenvalue weighted by Crippen LogP contribution is -2.56. The molecule has 1 aliphatic rings. The number of carbonyl (C=O) groups is 6. The van der Waals surface area contributed by atoms with Crippen molar-refractivity contribution in [3.8, 4) is 5.75 Å². The van der Waals surface area contributed by atoms with E-state index in [9.17, 15) is 28.8 Å². The lowest BCUT2D eigenvalue weighted by atomic mass is 10.0. The van der Waals surface area contributed by atoms with Crippen LogP contribution < -0.4 is 26.0 Å². The molecule has 3 aromatic rings. The minimum Gasteiger partial charge on any atom is -0.496 e. The molecule has 0 unspecified atom stereocenters. The summed E-state index contributed by atoms with van der Waals surface area (Å²) in [6.07, 6.45) is 0.459. The Morgan fingerprint density at radius 1 is 0.875 bits per heavy atom. The van der Waals surface area contributed by atoms with Gasteiger partial charge in [0.05, 0.1) is 13.5 Å². The summed E-state index contributed by atoms with van der Waals surface area (Å²) < 4.78 is 5.54. The van der Waals surface area contributed by atoms with Gasteiger partial charge in [-0.15, -0.1) is 0 Å². The molecule has 1 aliphatic heterocycles. The van der Waals surface area contributed by atoms with Crippen LogP contribution in [0.5, 0.6) is 5.75 Å². The predicted octanol–water partition coefficient (Wildman–Crippen LogP) is 2.38. The number of methoxy groups -OCH3 is 1. The highest BCUT2D eigenvalue weighted by Crippen LogP contribution is 2.30. The zero-order chi connectivity index (χ0) is 34.8. The number of anilines is 1. The summed E-state index contributed by atoms with van der Waals surface area (Å²) in [5.41, 5.74) is 1.33. The largest absolute Gasteiger partial charge is 0.496 e. The smallest absolute Gasteiger partial charge is 0.303 e. The number of hydrogen-bond acceptors (Lipinski definition) is 7. The van der Waals surface area contributed by atoms with Gasteiger partial charge in [0, 0.05) is 36.5 Å². The van der Waals surface area contributed by atoms with Crippen LogP contribution in [0.15, 0.2) is 66.7 Å². The third kappa shape index (κ3) is 9.30. The molecule has 0 bridgehead atoms. The molecule has 0 saturated carbocycles. The van der Waals surface area contributed by atoms with Gasteiger partial charge >= 0.3 is 5.97 Å². The minimum atomic E-state index is -1.14. The van der Waals surface area contributed by atoms with Gasteiger partial charge in [-0.3, -0.25) is 28.8 Å². The second-order valence-corrected chi connectivity index (χ2v) is 11.7. The van der Waals surface area contributed by atoms with Gasteiger partial charge in [-0.2, -0.15) is 0 Å². The minimum absolute atomic E-state index is 0.201. The van der Waals surface area contributed by atoms with Gasteiger partial charge in [-0.1, -0.05) is 54.6 Å². The molecule has 1 heterocycles. The van der Waals surface area contributed by atoms with Crippen molar-refractivity contribution in [2.45, 2.75) is 70.1 Å². The Bertz CT molecular complexity index is 1660. The number of carbonyl (C=O) groups excluding carboxylic acids is 5. The number of nitrogens with zero attached hydrogens (tertiary/aromatic N) is 1. The molecule has 1 saturated heterocycles. The summed E-state index contributed by atoms with van der Waals surface area (Å²) >= 11 is 0. The number of aliphatic carboxylic acids is 1. The number of nitrogens with one attached hydrogen (secondary N) is 4. The lowest BCUT2D eigenvalue weighted by molar-refractivity contribution is -0.142. The van der Waals surface area contributed by atoms with E-state index >= 15 is 0 Å². The third-order valence-electron chi connectivity index (χ3n) is 8.13. The maximum absolute atomic E-state index is 13.7. The van der Waals surface area contributed by atoms with E-state index in [4.69, 9.17) is 9.84 Å². The lowest BCUT2D eigenvalue weighted by Gasteiger charge is -2.29. The van der Waals surface area contributed by atoms with Crippen LogP contribution in [0.3, 0.4) is 0 Å². The highest BCUT2D eigenvalue weighted by molar-refractivity contribution is 6.01. The van der Waals surface area contributed by atoms with Gasteiger partial charge in [-0.25, -0.2) is 0 Å². The number of hydrogen-bond donors (Lipinski definition) is 5. The molecule has 0 aliphatic carbocycles. The molecular formula is C35H41N5O8. The van der Waals surface area contributed by atoms with E-state index in [1.807, 2.05) is 60.7 Å². The Labute approximate surface area is 278 Å². The molecule has 13 nitrogen and oxygen atoms in total. The molecule has 3 aromatic carbocycles. The molecule has 254 valence electrons. The number of benzene rings is 3. The third-order valence-corrected chi connectivity index (χ3v) is 8.13. The topological polar surface area (TPSA) is 183 Å². The summed E-state index contributed by atoms with van der Waals surface area (Å²) in [7, 11) is 1.55. The number of amides is 5. The molecule has 5 amide bonds. The van der Waals surface area contributed by atoms with Crippen LogP contribution in [-0.4, -0.2) is 83.3 Å². The molecule has 1 fully saturated rings. The van der Waals surface area contributed by atoms with Crippen LogP contribution in [0.2, 0.25) is 0 Å². The maximum atomic E-state index is 13.7. The van der Waals surface area contributed by atoms with Gasteiger partial charge in [0.1, 0.15) is 29.9 Å². The van der Waals surface area contributed by atoms with E-state index in [0.717, 1.165) is 16.3 Å². The molecule has 5 N–H and O–H groups in total. The fraction of sp³-hybridized carbons (Fsp3) is 0.371. The van der Waals surface area contributed by atoms with E-state index in [1.54, 1.807) is 13.2 Å². The van der Waals surface area contributed by atoms with Crippen molar-refractivity contribution in [1.82, 2.24) is 20.9 Å². The molecule has 0 radical (unpaired) electrons. The first kappa shape index (κ1) is 35.4. The zero-order valence-corrected chi connectivity index (χ0v) is 27.2. The first-order valence-electron chi connectivity index (χ1n) is 15.8. The van der Waals surface area contributed by atoms with E-state index in [-0.39, 0.29) is 25.8 Å². The van der Waals surface area contributed by atoms with Gasteiger partial charge in [-0.05, 0) is 43.7 Å². The molecule has 0 aromatic heterocycles. The van der Waals surface area contributed by atoms with Crippen LogP contribution in [0.25, 0.3) is 10.8 Å². The maximum Gasteiger partial charge on any atom is 0.303 e. The number of carboxylic acid groups (broad SMARTS) is 1. The zero-order valence-electron chi connectivity index (χ0n) is 27.2. The van der Waals surface area contributed by atoms with Crippen LogP contribution in [0.4, 0.5) is 5.69 Å². The van der Waals surface area contributed by atoms with Crippen LogP contribution >= 0.6 is 0 Å². The van der Waals surface area contributed by atoms with Gasteiger partial charge in [0.15, 0.2) is 0 Å². The van der Waals surface area contributed by atoms with Crippen molar-refractivity contribution in [2.24, 2.45) is 0 Å². The van der Waals surface area contributed by atoms with E-state index in [1.165, 1.54) is 18.7 Å². The molecule has 4 atom stereocenters. The summed E-state index contributed by atoms with van der Waals surface area (Å²) in [5, 5.41) is 21.3. The molecule has 13 heteroatoms. The number of rotatable bonds is 14. The van der Waals surface area contributed by atoms with E-state index < -0.39 is 59.7 Å². The average Bonchev–Trinajstić information content (AvgIpc) is 3.57. The molecule has 0 spiro atoms. The van der Waals surface area contributed by atoms with Crippen molar-refractivity contribution in [1.29, 1.82) is 0 Å². The highest BCUT2D eigenvalue weighted by Gasteiger charge is 2.38. The number of fused-ring (bicyclic) bond motifs is 1. The standard InChI is InChI=1S/C35H41N5O8/c1-21(36-30(41)15-16-31(42)43)32(44)37-22(2)35(47)40-17-9-14-28(40)34(46)39-27(18-23-10-5-4-6-11-23)33(45)38-25-19-24-12-7-8-13-26(24)29(20-25)48-3/h4-8,10-13,19-22,27-28H,9,14-18H2,1-3H3,(H,36,41)(H,37,44)(H,38,45)(H,39,46)(H,42,43)/t21-,22-,27-,28-/m0/s1. The number of likely N-dealkylation sites (tertiary alicyclic amines) is 1. The Balaban J connectivity index is 1.44. The summed E-state index contributed by atoms with van der Waals surface area (Å²) in [6.45, 7) is 3.18. The fourth-order valence-corrected chi connectivity index (χ4v) is 5.62. The van der Waals surface area contributed by atoms with E-state index in [0.29, 0.717) is 24.3 Å². The summed E-state index contributed by atoms with van der Waals surface area (Å²) in [4.78, 5) is 77.5. The van der Waals surface area contributed by atoms with Gasteiger partial charge in [0.25, 0.3) is 0 Å². The predicted molar refractivity (Wildman–Crippen MR) is 178 cm³/mol. The summed E-state index contributed by atoms with van der Waals surface area (Å²) in [6, 6.07) is 16.5. The van der Waals surface area contributed by atoms with Crippen molar-refractivity contribution in [3.05, 3.63) is 72.3 Å². The Kier molecular flexibility index (Phi) is 12.1. The number of ether oxygens (including phenoxy) is 1. The Morgan fingerprint density at radius 2 is 1.58 bits per heavy atom. The van der Waals surface area contributed by atoms with Crippen molar-refractivity contribution >= 4 is 52.0 Å². The Hall–Kier alpha value is -5.46. The first-order valence-corrected chi connectivity index (χ1v) is 15.8. The SMILES string of the molecule is COc1cc(NC(=O)[C@H](Cc2ccccc2)NC(=O)[C@@H]2CCCN2C(=O)[C@H](C)NC(=O)[C@H](C)NC(=O)CCC(=O)O)cc2ccccc12. The van der Waals surface area contributed by atoms with Crippen molar-refractivity contribution in [3.63, 3.8) is 0 Å². The average molecular weight is 660 g/mol. The van der Waals surface area contributed by atoms with Crippen molar-refractivity contribution in [2.75, 3.05) is 19.0 Å². The number of carboxylic acids is 1. The van der Waals surface area contributed by atoms with Crippen LogP contribution in [0, 0.1) is 0 Å². The molecular weight excluding hydrogens is 618 g/mol. The van der Waals surface area contributed by atoms with Gasteiger partial charge in [0.2, 0.25) is 29.5 Å². The summed E-state index contributed by atoms with van der Waals surface area (Å²) in [5.74, 6) is -3.22. The second-order valence-electron chi connectivity index (χ2n) is 11.7. The van der Waals surface area contributed by atoms with Gasteiger partial charge < -0.3 is 36.0 Å².